The molecule has 0 aliphatic carbocycles. The zero-order valence-electron chi connectivity index (χ0n) is 18.9. The van der Waals surface area contributed by atoms with E-state index in [1.165, 1.54) is 24.3 Å². The van der Waals surface area contributed by atoms with Crippen molar-refractivity contribution < 1.29 is 32.3 Å². The van der Waals surface area contributed by atoms with Crippen molar-refractivity contribution in [2.24, 2.45) is 5.73 Å². The molecular weight excluding hydrogens is 465 g/mol. The lowest BCUT2D eigenvalue weighted by atomic mass is 9.99. The summed E-state index contributed by atoms with van der Waals surface area (Å²) in [6.45, 7) is 1.34. The Morgan fingerprint density at radius 1 is 1.11 bits per heavy atom. The molecule has 1 fully saturated rings. The molecule has 4 rings (SSSR count). The average molecular weight is 488 g/mol. The number of urea groups is 1. The number of fused-ring (bicyclic) bond motifs is 1. The summed E-state index contributed by atoms with van der Waals surface area (Å²) in [5.41, 5.74) is 7.28. The minimum atomic E-state index is -4.51. The van der Waals surface area contributed by atoms with Crippen molar-refractivity contribution in [3.8, 4) is 17.6 Å². The summed E-state index contributed by atoms with van der Waals surface area (Å²) in [5, 5.41) is 4.29. The maximum atomic E-state index is 12.4. The summed E-state index contributed by atoms with van der Waals surface area (Å²) in [7, 11) is 3.56. The van der Waals surface area contributed by atoms with Crippen LogP contribution >= 0.6 is 0 Å². The molecule has 11 heteroatoms. The fourth-order valence-corrected chi connectivity index (χ4v) is 3.39. The number of benzene rings is 2. The van der Waals surface area contributed by atoms with Crippen LogP contribution in [-0.4, -0.2) is 55.5 Å². The van der Waals surface area contributed by atoms with Crippen LogP contribution in [-0.2, 0) is 11.3 Å². The number of carbonyl (C=O) groups is 3. The molecule has 3 amide bonds. The zero-order chi connectivity index (χ0) is 25.8. The van der Waals surface area contributed by atoms with E-state index in [1.54, 1.807) is 7.11 Å². The number of rotatable bonds is 2. The Labute approximate surface area is 199 Å². The van der Waals surface area contributed by atoms with Crippen molar-refractivity contribution in [2.45, 2.75) is 24.8 Å². The zero-order valence-corrected chi connectivity index (χ0v) is 18.9. The van der Waals surface area contributed by atoms with E-state index in [-0.39, 0.29) is 11.3 Å². The third kappa shape index (κ3) is 6.59. The molecule has 2 atom stereocenters. The molecule has 0 aromatic heterocycles. The summed E-state index contributed by atoms with van der Waals surface area (Å²) in [6.07, 6.45) is -4.51. The summed E-state index contributed by atoms with van der Waals surface area (Å²) in [6, 6.07) is 7.19. The number of alkyl halides is 3. The number of halogens is 3. The fourth-order valence-electron chi connectivity index (χ4n) is 3.39. The number of amides is 3. The number of hydrogen-bond donors (Lipinski definition) is 3. The first-order valence-electron chi connectivity index (χ1n) is 10.4. The van der Waals surface area contributed by atoms with E-state index in [0.29, 0.717) is 12.1 Å². The van der Waals surface area contributed by atoms with Gasteiger partial charge >= 0.3 is 12.2 Å². The normalized spacial score (nSPS) is 18.2. The molecule has 0 bridgehead atoms. The lowest BCUT2D eigenvalue weighted by Crippen LogP contribution is -2.31. The summed E-state index contributed by atoms with van der Waals surface area (Å²) in [5.74, 6) is 5.46. The van der Waals surface area contributed by atoms with Gasteiger partial charge in [0.1, 0.15) is 11.8 Å². The van der Waals surface area contributed by atoms with Crippen molar-refractivity contribution in [3.63, 3.8) is 0 Å². The van der Waals surface area contributed by atoms with E-state index >= 15 is 0 Å². The van der Waals surface area contributed by atoms with Crippen molar-refractivity contribution in [1.29, 1.82) is 0 Å². The number of carbonyl (C=O) groups excluding carboxylic acids is 3. The van der Waals surface area contributed by atoms with E-state index in [4.69, 9.17) is 10.5 Å². The molecule has 2 aliphatic heterocycles. The Hall–Kier alpha value is -3.88. The second-order valence-electron chi connectivity index (χ2n) is 7.92. The van der Waals surface area contributed by atoms with Crippen molar-refractivity contribution in [2.75, 3.05) is 20.7 Å². The first kappa shape index (κ1) is 25.7. The van der Waals surface area contributed by atoms with Gasteiger partial charge in [-0.3, -0.25) is 19.8 Å². The SMILES string of the molecule is COc1ccc2c(c1)C(=O)CN(C)C2.NC(c1ccc(C#C[C@@H]2NC(=O)NC2=O)cc1)C(F)(F)F. The Balaban J connectivity index is 0.000000211. The molecule has 35 heavy (non-hydrogen) atoms. The molecule has 8 nitrogen and oxygen atoms in total. The van der Waals surface area contributed by atoms with Crippen LogP contribution in [0.4, 0.5) is 18.0 Å². The van der Waals surface area contributed by atoms with Gasteiger partial charge in [0.15, 0.2) is 11.8 Å². The molecule has 0 saturated carbocycles. The van der Waals surface area contributed by atoms with E-state index < -0.39 is 30.2 Å². The third-order valence-electron chi connectivity index (χ3n) is 5.23. The lowest BCUT2D eigenvalue weighted by Gasteiger charge is -2.23. The third-order valence-corrected chi connectivity index (χ3v) is 5.23. The number of nitrogens with one attached hydrogen (secondary N) is 2. The smallest absolute Gasteiger partial charge is 0.407 e. The Kier molecular flexibility index (Phi) is 7.78. The molecule has 2 aliphatic rings. The van der Waals surface area contributed by atoms with Gasteiger partial charge in [-0.05, 0) is 42.4 Å². The number of methoxy groups -OCH3 is 1. The van der Waals surface area contributed by atoms with E-state index in [9.17, 15) is 27.6 Å². The standard InChI is InChI=1S/C13H10F3N3O2.C11H13NO2/c14-13(15,16)10(17)8-4-1-7(2-5-8)3-6-9-11(20)19-12(21)18-9;1-12-6-8-3-4-9(14-2)5-10(8)11(13)7-12/h1-2,4-5,9-10H,17H2,(H2,18,19,20,21);3-5H,6-7H2,1-2H3/t9-,10?;/m0./s1. The Morgan fingerprint density at radius 3 is 2.37 bits per heavy atom. The minimum absolute atomic E-state index is 0.0834. The molecule has 2 aromatic carbocycles. The van der Waals surface area contributed by atoms with Gasteiger partial charge in [-0.1, -0.05) is 30.0 Å². The number of nitrogens with zero attached hydrogens (tertiary/aromatic N) is 1. The molecule has 2 heterocycles. The summed E-state index contributed by atoms with van der Waals surface area (Å²) >= 11 is 0. The molecular formula is C24H23F3N4O4. The number of Topliss-reactive ketones (excluding diaryl/α,β-unsaturated/α-hetero) is 1. The van der Waals surface area contributed by atoms with Gasteiger partial charge in [0.05, 0.1) is 13.7 Å². The average Bonchev–Trinajstić information content (AvgIpc) is 3.13. The molecule has 1 saturated heterocycles. The van der Waals surface area contributed by atoms with Crippen LogP contribution in [0.2, 0.25) is 0 Å². The highest BCUT2D eigenvalue weighted by Crippen LogP contribution is 2.30. The number of nitrogens with two attached hydrogens (primary N) is 1. The van der Waals surface area contributed by atoms with Crippen LogP contribution in [0.5, 0.6) is 5.75 Å². The molecule has 1 unspecified atom stereocenters. The lowest BCUT2D eigenvalue weighted by molar-refractivity contribution is -0.149. The van der Waals surface area contributed by atoms with E-state index in [2.05, 4.69) is 17.2 Å². The maximum absolute atomic E-state index is 12.4. The topological polar surface area (TPSA) is 114 Å². The van der Waals surface area contributed by atoms with Crippen LogP contribution in [0.1, 0.15) is 33.1 Å². The molecule has 2 aromatic rings. The Morgan fingerprint density at radius 2 is 1.80 bits per heavy atom. The number of likely N-dealkylation sites (N-methyl/N-ethyl adjacent to an activating group) is 1. The highest BCUT2D eigenvalue weighted by Gasteiger charge is 2.37. The summed E-state index contributed by atoms with van der Waals surface area (Å²) in [4.78, 5) is 35.8. The van der Waals surface area contributed by atoms with Gasteiger partial charge in [-0.25, -0.2) is 4.79 Å². The van der Waals surface area contributed by atoms with Crippen molar-refractivity contribution in [1.82, 2.24) is 15.5 Å². The maximum Gasteiger partial charge on any atom is 0.407 e. The fraction of sp³-hybridized carbons (Fsp3) is 0.292. The molecule has 0 radical (unpaired) electrons. The number of ether oxygens (including phenoxy) is 1. The second kappa shape index (κ2) is 10.6. The van der Waals surface area contributed by atoms with Gasteiger partial charge in [0.2, 0.25) is 0 Å². The van der Waals surface area contributed by atoms with Gasteiger partial charge in [0, 0.05) is 17.7 Å². The van der Waals surface area contributed by atoms with Crippen LogP contribution in [0.15, 0.2) is 42.5 Å². The predicted molar refractivity (Wildman–Crippen MR) is 120 cm³/mol. The largest absolute Gasteiger partial charge is 0.497 e. The Bertz CT molecular complexity index is 1190. The van der Waals surface area contributed by atoms with Gasteiger partial charge in [-0.15, -0.1) is 0 Å². The molecule has 4 N–H and O–H groups in total. The number of ketones is 1. The van der Waals surface area contributed by atoms with Crippen molar-refractivity contribution in [3.05, 3.63) is 64.7 Å². The van der Waals surface area contributed by atoms with Gasteiger partial charge in [0.25, 0.3) is 5.91 Å². The van der Waals surface area contributed by atoms with Crippen LogP contribution in [0, 0.1) is 11.8 Å². The quantitative estimate of drug-likeness (QED) is 0.441. The monoisotopic (exact) mass is 488 g/mol. The highest BCUT2D eigenvalue weighted by atomic mass is 19.4. The van der Waals surface area contributed by atoms with Gasteiger partial charge in [-0.2, -0.15) is 13.2 Å². The summed E-state index contributed by atoms with van der Waals surface area (Å²) < 4.78 is 42.4. The first-order valence-corrected chi connectivity index (χ1v) is 10.4. The highest BCUT2D eigenvalue weighted by molar-refractivity contribution is 6.05. The predicted octanol–water partition coefficient (Wildman–Crippen LogP) is 2.13. The molecule has 0 spiro atoms. The molecule has 184 valence electrons. The minimum Gasteiger partial charge on any atom is -0.497 e. The van der Waals surface area contributed by atoms with E-state index in [1.807, 2.05) is 35.5 Å². The first-order chi connectivity index (χ1) is 16.5. The second-order valence-corrected chi connectivity index (χ2v) is 7.92. The van der Waals surface area contributed by atoms with Crippen LogP contribution in [0.3, 0.4) is 0 Å². The van der Waals surface area contributed by atoms with Crippen LogP contribution < -0.4 is 21.1 Å². The van der Waals surface area contributed by atoms with Crippen LogP contribution in [0.25, 0.3) is 0 Å². The van der Waals surface area contributed by atoms with E-state index in [0.717, 1.165) is 23.4 Å². The number of imide groups is 1. The number of hydrogen-bond acceptors (Lipinski definition) is 6. The van der Waals surface area contributed by atoms with Gasteiger partial charge < -0.3 is 15.8 Å². The van der Waals surface area contributed by atoms with Crippen molar-refractivity contribution >= 4 is 17.7 Å².